The van der Waals surface area contributed by atoms with E-state index in [1.807, 2.05) is 6.92 Å². The number of nitrogens with zero attached hydrogens (tertiary/aromatic N) is 1. The molecule has 0 spiro atoms. The van der Waals surface area contributed by atoms with Crippen molar-refractivity contribution < 1.29 is 14.4 Å². The summed E-state index contributed by atoms with van der Waals surface area (Å²) in [7, 11) is 0. The highest BCUT2D eigenvalue weighted by Crippen LogP contribution is 2.12. The van der Waals surface area contributed by atoms with Gasteiger partial charge in [-0.05, 0) is 25.0 Å². The number of nitrogens with two attached hydrogens (primary N) is 1. The Labute approximate surface area is 111 Å². The monoisotopic (exact) mass is 267 g/mol. The zero-order valence-corrected chi connectivity index (χ0v) is 11.0. The van der Waals surface area contributed by atoms with Gasteiger partial charge in [-0.1, -0.05) is 24.2 Å². The Morgan fingerprint density at radius 1 is 1.58 bits per heavy atom. The molecule has 104 valence electrons. The molecule has 19 heavy (non-hydrogen) atoms. The summed E-state index contributed by atoms with van der Waals surface area (Å²) in [5, 5.41) is 14.0. The number of carbonyl (C=O) groups excluding carboxylic acids is 1. The second-order valence-corrected chi connectivity index (χ2v) is 4.31. The molecular formula is C13H18FN3O2. The summed E-state index contributed by atoms with van der Waals surface area (Å²) in [5.41, 5.74) is 5.80. The summed E-state index contributed by atoms with van der Waals surface area (Å²) in [6.07, 6.45) is 0.807. The summed E-state index contributed by atoms with van der Waals surface area (Å²) >= 11 is 0. The Hall–Kier alpha value is -2.11. The van der Waals surface area contributed by atoms with Crippen molar-refractivity contribution in [1.29, 1.82) is 0 Å². The summed E-state index contributed by atoms with van der Waals surface area (Å²) < 4.78 is 13.8. The fourth-order valence-electron chi connectivity index (χ4n) is 1.68. The van der Waals surface area contributed by atoms with Crippen LogP contribution in [0, 0.1) is 12.7 Å². The summed E-state index contributed by atoms with van der Waals surface area (Å²) in [6, 6.07) is 4.34. The highest BCUT2D eigenvalue weighted by Gasteiger charge is 2.17. The molecule has 1 aromatic rings. The molecule has 0 aliphatic carbocycles. The zero-order chi connectivity index (χ0) is 14.4. The van der Waals surface area contributed by atoms with E-state index in [2.05, 4.69) is 10.5 Å². The Bertz CT molecular complexity index is 489. The Morgan fingerprint density at radius 2 is 2.26 bits per heavy atom. The van der Waals surface area contributed by atoms with E-state index >= 15 is 0 Å². The third-order valence-electron chi connectivity index (χ3n) is 2.85. The van der Waals surface area contributed by atoms with Crippen molar-refractivity contribution in [3.63, 3.8) is 0 Å². The van der Waals surface area contributed by atoms with Crippen molar-refractivity contribution in [2.45, 2.75) is 32.7 Å². The Morgan fingerprint density at radius 3 is 2.84 bits per heavy atom. The number of amidine groups is 1. The van der Waals surface area contributed by atoms with Crippen LogP contribution < -0.4 is 11.1 Å². The van der Waals surface area contributed by atoms with E-state index in [0.717, 1.165) is 0 Å². The van der Waals surface area contributed by atoms with Crippen LogP contribution in [0.2, 0.25) is 0 Å². The third kappa shape index (κ3) is 3.94. The lowest BCUT2D eigenvalue weighted by Gasteiger charge is -2.16. The molecule has 1 atom stereocenters. The number of nitrogens with one attached hydrogen (secondary N) is 1. The molecule has 6 heteroatoms. The molecule has 1 unspecified atom stereocenters. The first-order valence-corrected chi connectivity index (χ1v) is 6.02. The Kier molecular flexibility index (Phi) is 5.29. The highest BCUT2D eigenvalue weighted by molar-refractivity contribution is 5.95. The lowest BCUT2D eigenvalue weighted by atomic mass is 10.1. The van der Waals surface area contributed by atoms with Crippen molar-refractivity contribution in [2.75, 3.05) is 0 Å². The molecule has 0 fully saturated rings. The SMILES string of the molecule is CCC(C/C(N)=N/O)NC(=O)c1cccc(C)c1F. The van der Waals surface area contributed by atoms with Crippen LogP contribution in [0.4, 0.5) is 4.39 Å². The summed E-state index contributed by atoms with van der Waals surface area (Å²) in [6.45, 7) is 3.45. The van der Waals surface area contributed by atoms with Crippen molar-refractivity contribution in [3.8, 4) is 0 Å². The molecule has 0 heterocycles. The van der Waals surface area contributed by atoms with Gasteiger partial charge in [-0.3, -0.25) is 4.79 Å². The lowest BCUT2D eigenvalue weighted by Crippen LogP contribution is -2.38. The molecule has 0 aliphatic rings. The van der Waals surface area contributed by atoms with Gasteiger partial charge in [0.05, 0.1) is 5.56 Å². The van der Waals surface area contributed by atoms with Crippen molar-refractivity contribution in [1.82, 2.24) is 5.32 Å². The standard InChI is InChI=1S/C13H18FN3O2/c1-3-9(7-11(15)17-19)16-13(18)10-6-4-5-8(2)12(10)14/h4-6,9,19H,3,7H2,1-2H3,(H2,15,17)(H,16,18). The fraction of sp³-hybridized carbons (Fsp3) is 0.385. The number of aryl methyl sites for hydroxylation is 1. The first-order valence-electron chi connectivity index (χ1n) is 6.02. The number of hydrogen-bond acceptors (Lipinski definition) is 3. The molecule has 0 saturated carbocycles. The predicted octanol–water partition coefficient (Wildman–Crippen LogP) is 1.78. The van der Waals surface area contributed by atoms with Crippen LogP contribution in [-0.2, 0) is 0 Å². The molecule has 0 aromatic heterocycles. The van der Waals surface area contributed by atoms with Crippen LogP contribution in [0.25, 0.3) is 0 Å². The van der Waals surface area contributed by atoms with Gasteiger partial charge < -0.3 is 16.3 Å². The van der Waals surface area contributed by atoms with Gasteiger partial charge in [0.1, 0.15) is 11.7 Å². The van der Waals surface area contributed by atoms with Gasteiger partial charge >= 0.3 is 0 Å². The summed E-state index contributed by atoms with van der Waals surface area (Å²) in [5.74, 6) is -1.01. The van der Waals surface area contributed by atoms with E-state index in [0.29, 0.717) is 12.0 Å². The maximum atomic E-state index is 13.8. The second kappa shape index (κ2) is 6.72. The van der Waals surface area contributed by atoms with Crippen molar-refractivity contribution in [3.05, 3.63) is 35.1 Å². The highest BCUT2D eigenvalue weighted by atomic mass is 19.1. The number of oxime groups is 1. The number of benzene rings is 1. The fourth-order valence-corrected chi connectivity index (χ4v) is 1.68. The van der Waals surface area contributed by atoms with Crippen molar-refractivity contribution in [2.24, 2.45) is 10.9 Å². The topological polar surface area (TPSA) is 87.7 Å². The zero-order valence-electron chi connectivity index (χ0n) is 11.0. The van der Waals surface area contributed by atoms with Crippen LogP contribution in [-0.4, -0.2) is 23.0 Å². The first-order chi connectivity index (χ1) is 8.99. The smallest absolute Gasteiger partial charge is 0.254 e. The van der Waals surface area contributed by atoms with Gasteiger partial charge in [-0.25, -0.2) is 4.39 Å². The minimum absolute atomic E-state index is 0.00189. The Balaban J connectivity index is 2.80. The van der Waals surface area contributed by atoms with Crippen LogP contribution in [0.15, 0.2) is 23.4 Å². The van der Waals surface area contributed by atoms with Gasteiger partial charge in [0.15, 0.2) is 0 Å². The van der Waals surface area contributed by atoms with Crippen LogP contribution in [0.3, 0.4) is 0 Å². The van der Waals surface area contributed by atoms with Crippen LogP contribution in [0.5, 0.6) is 0 Å². The summed E-state index contributed by atoms with van der Waals surface area (Å²) in [4.78, 5) is 12.0. The average Bonchev–Trinajstić information content (AvgIpc) is 2.40. The van der Waals surface area contributed by atoms with E-state index in [9.17, 15) is 9.18 Å². The predicted molar refractivity (Wildman–Crippen MR) is 70.7 cm³/mol. The van der Waals surface area contributed by atoms with E-state index in [-0.39, 0.29) is 23.9 Å². The molecule has 0 saturated heterocycles. The van der Waals surface area contributed by atoms with Gasteiger partial charge in [0.2, 0.25) is 0 Å². The number of amides is 1. The quantitative estimate of drug-likeness (QED) is 0.329. The molecular weight excluding hydrogens is 249 g/mol. The van der Waals surface area contributed by atoms with Gasteiger partial charge in [-0.2, -0.15) is 0 Å². The number of rotatable bonds is 5. The normalized spacial score (nSPS) is 13.1. The third-order valence-corrected chi connectivity index (χ3v) is 2.85. The first kappa shape index (κ1) is 14.9. The molecule has 4 N–H and O–H groups in total. The number of halogens is 1. The molecule has 0 aliphatic heterocycles. The second-order valence-electron chi connectivity index (χ2n) is 4.31. The lowest BCUT2D eigenvalue weighted by molar-refractivity contribution is 0.0932. The van der Waals surface area contributed by atoms with Gasteiger partial charge in [0, 0.05) is 12.5 Å². The maximum Gasteiger partial charge on any atom is 0.254 e. The van der Waals surface area contributed by atoms with Gasteiger partial charge in [0.25, 0.3) is 5.91 Å². The maximum absolute atomic E-state index is 13.8. The average molecular weight is 267 g/mol. The molecule has 0 radical (unpaired) electrons. The number of hydrogen-bond donors (Lipinski definition) is 3. The molecule has 1 aromatic carbocycles. The van der Waals surface area contributed by atoms with Crippen molar-refractivity contribution >= 4 is 11.7 Å². The van der Waals surface area contributed by atoms with E-state index in [1.165, 1.54) is 6.07 Å². The molecule has 5 nitrogen and oxygen atoms in total. The molecule has 1 rings (SSSR count). The van der Waals surface area contributed by atoms with Gasteiger partial charge in [-0.15, -0.1) is 0 Å². The van der Waals surface area contributed by atoms with Crippen LogP contribution in [0.1, 0.15) is 35.7 Å². The number of carbonyl (C=O) groups is 1. The molecule has 0 bridgehead atoms. The van der Waals surface area contributed by atoms with E-state index in [4.69, 9.17) is 10.9 Å². The minimum Gasteiger partial charge on any atom is -0.409 e. The minimum atomic E-state index is -0.529. The van der Waals surface area contributed by atoms with Crippen LogP contribution >= 0.6 is 0 Å². The van der Waals surface area contributed by atoms with E-state index < -0.39 is 11.7 Å². The molecule has 1 amide bonds. The largest absolute Gasteiger partial charge is 0.409 e. The van der Waals surface area contributed by atoms with E-state index in [1.54, 1.807) is 19.1 Å².